The summed E-state index contributed by atoms with van der Waals surface area (Å²) in [5.41, 5.74) is 2.24. The van der Waals surface area contributed by atoms with Crippen molar-refractivity contribution >= 4 is 40.0 Å². The van der Waals surface area contributed by atoms with Gasteiger partial charge in [-0.05, 0) is 36.8 Å². The number of carbonyl (C=O) groups excluding carboxylic acids is 2. The molecular weight excluding hydrogens is 422 g/mol. The second-order valence-corrected chi connectivity index (χ2v) is 8.38. The summed E-state index contributed by atoms with van der Waals surface area (Å²) in [4.78, 5) is 42.5. The van der Waals surface area contributed by atoms with Gasteiger partial charge in [0.05, 0.1) is 10.9 Å². The van der Waals surface area contributed by atoms with Crippen molar-refractivity contribution in [2.24, 2.45) is 7.05 Å². The number of hydrogen-bond acceptors (Lipinski definition) is 5. The van der Waals surface area contributed by atoms with Crippen LogP contribution in [0.3, 0.4) is 0 Å². The summed E-state index contributed by atoms with van der Waals surface area (Å²) in [7, 11) is 1.65. The van der Waals surface area contributed by atoms with Crippen molar-refractivity contribution in [1.82, 2.24) is 9.55 Å². The molecule has 32 heavy (non-hydrogen) atoms. The molecule has 0 aliphatic carbocycles. The average molecular weight is 444 g/mol. The second kappa shape index (κ2) is 9.20. The number of nitrogens with zero attached hydrogens (tertiary/aromatic N) is 2. The molecule has 0 bridgehead atoms. The average Bonchev–Trinajstić information content (AvgIpc) is 2.81. The molecule has 0 saturated carbocycles. The van der Waals surface area contributed by atoms with Gasteiger partial charge in [-0.15, -0.1) is 0 Å². The van der Waals surface area contributed by atoms with Crippen LogP contribution in [-0.2, 0) is 11.8 Å². The Labute approximate surface area is 189 Å². The lowest BCUT2D eigenvalue weighted by atomic mass is 10.1. The summed E-state index contributed by atoms with van der Waals surface area (Å²) in [6.45, 7) is 1.48. The summed E-state index contributed by atoms with van der Waals surface area (Å²) >= 11 is 1.21. The topological polar surface area (TPSA) is 81.1 Å². The molecule has 0 saturated heterocycles. The predicted octanol–water partition coefficient (Wildman–Crippen LogP) is 4.61. The Morgan fingerprint density at radius 3 is 2.44 bits per heavy atom. The number of thioether (sulfide) groups is 1. The number of carbonyl (C=O) groups is 2. The molecule has 0 aliphatic heterocycles. The minimum Gasteiger partial charge on any atom is -0.325 e. The highest BCUT2D eigenvalue weighted by atomic mass is 32.2. The zero-order valence-corrected chi connectivity index (χ0v) is 18.4. The highest BCUT2D eigenvalue weighted by Crippen LogP contribution is 2.35. The number of Topliss-reactive ketones (excluding diaryl/α,β-unsaturated/α-hetero) is 1. The van der Waals surface area contributed by atoms with Gasteiger partial charge in [0.15, 0.2) is 10.9 Å². The third-order valence-corrected chi connectivity index (χ3v) is 6.34. The number of para-hydroxylation sites is 1. The molecule has 1 atom stereocenters. The summed E-state index contributed by atoms with van der Waals surface area (Å²) in [5, 5.41) is 3.21. The Hall–Kier alpha value is -3.71. The zero-order valence-electron chi connectivity index (χ0n) is 17.6. The summed E-state index contributed by atoms with van der Waals surface area (Å²) in [6.07, 6.45) is 0. The van der Waals surface area contributed by atoms with Gasteiger partial charge in [0, 0.05) is 18.3 Å². The van der Waals surface area contributed by atoms with Gasteiger partial charge in [-0.1, -0.05) is 66.4 Å². The third kappa shape index (κ3) is 4.48. The fourth-order valence-electron chi connectivity index (χ4n) is 3.33. The zero-order chi connectivity index (χ0) is 22.7. The van der Waals surface area contributed by atoms with Crippen LogP contribution in [0.15, 0.2) is 88.8 Å². The molecule has 0 radical (unpaired) electrons. The molecule has 1 heterocycles. The monoisotopic (exact) mass is 443 g/mol. The van der Waals surface area contributed by atoms with E-state index in [1.165, 1.54) is 23.3 Å². The van der Waals surface area contributed by atoms with Crippen LogP contribution in [0.25, 0.3) is 10.9 Å². The highest BCUT2D eigenvalue weighted by molar-refractivity contribution is 8.00. The fourth-order valence-corrected chi connectivity index (χ4v) is 4.39. The first kappa shape index (κ1) is 21.5. The van der Waals surface area contributed by atoms with Crippen molar-refractivity contribution in [3.8, 4) is 0 Å². The number of anilines is 1. The van der Waals surface area contributed by atoms with E-state index >= 15 is 0 Å². The van der Waals surface area contributed by atoms with Gasteiger partial charge in [-0.25, -0.2) is 4.98 Å². The normalized spacial score (nSPS) is 11.8. The van der Waals surface area contributed by atoms with E-state index in [1.807, 2.05) is 36.4 Å². The molecule has 4 rings (SSSR count). The van der Waals surface area contributed by atoms with Crippen molar-refractivity contribution in [2.45, 2.75) is 17.3 Å². The van der Waals surface area contributed by atoms with E-state index in [0.717, 1.165) is 5.56 Å². The predicted molar refractivity (Wildman–Crippen MR) is 127 cm³/mol. The van der Waals surface area contributed by atoms with Gasteiger partial charge in [0.25, 0.3) is 5.56 Å². The van der Waals surface area contributed by atoms with Gasteiger partial charge in [0.1, 0.15) is 5.25 Å². The van der Waals surface area contributed by atoms with Crippen LogP contribution >= 0.6 is 11.8 Å². The number of aromatic nitrogens is 2. The summed E-state index contributed by atoms with van der Waals surface area (Å²) < 4.78 is 1.46. The molecule has 1 amide bonds. The van der Waals surface area contributed by atoms with Crippen LogP contribution in [0.4, 0.5) is 5.69 Å². The molecule has 6 nitrogen and oxygen atoms in total. The van der Waals surface area contributed by atoms with Gasteiger partial charge in [-0.2, -0.15) is 0 Å². The number of ketones is 1. The van der Waals surface area contributed by atoms with E-state index in [1.54, 1.807) is 49.5 Å². The lowest BCUT2D eigenvalue weighted by Gasteiger charge is -2.18. The molecular formula is C25H21N3O3S. The molecule has 160 valence electrons. The minimum atomic E-state index is -0.656. The first-order chi connectivity index (χ1) is 15.4. The number of amides is 1. The maximum Gasteiger partial charge on any atom is 0.261 e. The van der Waals surface area contributed by atoms with E-state index in [9.17, 15) is 14.4 Å². The van der Waals surface area contributed by atoms with E-state index in [0.29, 0.717) is 27.3 Å². The van der Waals surface area contributed by atoms with Crippen molar-refractivity contribution in [1.29, 1.82) is 0 Å². The molecule has 1 N–H and O–H groups in total. The molecule has 7 heteroatoms. The molecule has 3 aromatic carbocycles. The number of hydrogen-bond donors (Lipinski definition) is 1. The molecule has 1 aromatic heterocycles. The Morgan fingerprint density at radius 1 is 0.969 bits per heavy atom. The molecule has 0 spiro atoms. The first-order valence-corrected chi connectivity index (χ1v) is 10.9. The van der Waals surface area contributed by atoms with Crippen LogP contribution in [0.5, 0.6) is 0 Å². The number of benzene rings is 3. The van der Waals surface area contributed by atoms with Crippen LogP contribution < -0.4 is 10.9 Å². The van der Waals surface area contributed by atoms with Gasteiger partial charge >= 0.3 is 0 Å². The Bertz CT molecular complexity index is 1370. The SMILES string of the molecule is CC(=O)c1cccc(NC(=O)C(Sc2nc3ccccc3c(=O)n2C)c2ccccc2)c1. The van der Waals surface area contributed by atoms with Crippen LogP contribution in [0, 0.1) is 0 Å². The first-order valence-electron chi connectivity index (χ1n) is 10.0. The highest BCUT2D eigenvalue weighted by Gasteiger charge is 2.25. The van der Waals surface area contributed by atoms with Crippen molar-refractivity contribution in [3.63, 3.8) is 0 Å². The van der Waals surface area contributed by atoms with Crippen LogP contribution in [-0.4, -0.2) is 21.2 Å². The van der Waals surface area contributed by atoms with Crippen molar-refractivity contribution in [2.75, 3.05) is 5.32 Å². The summed E-state index contributed by atoms with van der Waals surface area (Å²) in [5.74, 6) is -0.352. The molecule has 4 aromatic rings. The van der Waals surface area contributed by atoms with Crippen molar-refractivity contribution < 1.29 is 9.59 Å². The van der Waals surface area contributed by atoms with E-state index in [-0.39, 0.29) is 17.2 Å². The maximum atomic E-state index is 13.3. The number of fused-ring (bicyclic) bond motifs is 1. The van der Waals surface area contributed by atoms with Gasteiger partial charge in [0.2, 0.25) is 5.91 Å². The Morgan fingerprint density at radius 2 is 1.69 bits per heavy atom. The van der Waals surface area contributed by atoms with Crippen molar-refractivity contribution in [3.05, 3.63) is 100 Å². The van der Waals surface area contributed by atoms with Crippen LogP contribution in [0.1, 0.15) is 28.1 Å². The Kier molecular flexibility index (Phi) is 6.18. The standard InChI is InChI=1S/C25H21N3O3S/c1-16(29)18-11-8-12-19(15-18)26-23(30)22(17-9-4-3-5-10-17)32-25-27-21-14-7-6-13-20(21)24(31)28(25)2/h3-15,22H,1-2H3,(H,26,30). The fraction of sp³-hybridized carbons (Fsp3) is 0.120. The molecule has 1 unspecified atom stereocenters. The smallest absolute Gasteiger partial charge is 0.261 e. The van der Waals surface area contributed by atoms with Crippen LogP contribution in [0.2, 0.25) is 0 Å². The van der Waals surface area contributed by atoms with Gasteiger partial charge in [-0.3, -0.25) is 19.0 Å². The minimum absolute atomic E-state index is 0.0783. The van der Waals surface area contributed by atoms with E-state index in [4.69, 9.17) is 0 Å². The second-order valence-electron chi connectivity index (χ2n) is 7.31. The number of nitrogens with one attached hydrogen (secondary N) is 1. The number of rotatable bonds is 6. The largest absolute Gasteiger partial charge is 0.325 e. The lowest BCUT2D eigenvalue weighted by molar-refractivity contribution is -0.115. The Balaban J connectivity index is 1.71. The third-order valence-electron chi connectivity index (χ3n) is 5.04. The van der Waals surface area contributed by atoms with E-state index in [2.05, 4.69) is 10.3 Å². The molecule has 0 fully saturated rings. The molecule has 0 aliphatic rings. The maximum absolute atomic E-state index is 13.3. The van der Waals surface area contributed by atoms with Gasteiger partial charge < -0.3 is 5.32 Å². The quantitative estimate of drug-likeness (QED) is 0.267. The lowest BCUT2D eigenvalue weighted by Crippen LogP contribution is -2.23. The summed E-state index contributed by atoms with van der Waals surface area (Å²) in [6, 6.07) is 23.3. The van der Waals surface area contributed by atoms with E-state index < -0.39 is 5.25 Å².